The molecule has 1 atom stereocenters. The fourth-order valence-corrected chi connectivity index (χ4v) is 6.64. The molecule has 4 aromatic rings. The summed E-state index contributed by atoms with van der Waals surface area (Å²) >= 11 is 6.55. The number of amides is 2. The first kappa shape index (κ1) is 32.8. The first-order chi connectivity index (χ1) is 21.2. The van der Waals surface area contributed by atoms with Gasteiger partial charge in [-0.1, -0.05) is 110 Å². The molecular formula is C35H38ClN3O4S. The number of unbranched alkanes of at least 4 members (excludes halogenated alkanes) is 1. The predicted octanol–water partition coefficient (Wildman–Crippen LogP) is 6.40. The number of hydrogen-bond acceptors (Lipinski definition) is 4. The van der Waals surface area contributed by atoms with E-state index in [0.29, 0.717) is 28.4 Å². The highest BCUT2D eigenvalue weighted by Gasteiger charge is 2.35. The number of sulfonamides is 1. The zero-order chi connectivity index (χ0) is 31.5. The van der Waals surface area contributed by atoms with Crippen molar-refractivity contribution in [3.63, 3.8) is 0 Å². The highest BCUT2D eigenvalue weighted by atomic mass is 35.5. The van der Waals surface area contributed by atoms with Crippen LogP contribution in [0.1, 0.15) is 36.5 Å². The molecule has 0 saturated heterocycles. The Kier molecular flexibility index (Phi) is 11.6. The van der Waals surface area contributed by atoms with Crippen molar-refractivity contribution in [3.8, 4) is 0 Å². The van der Waals surface area contributed by atoms with E-state index >= 15 is 0 Å². The highest BCUT2D eigenvalue weighted by molar-refractivity contribution is 7.92. The molecule has 230 valence electrons. The fourth-order valence-electron chi connectivity index (χ4n) is 4.95. The molecule has 0 spiro atoms. The van der Waals surface area contributed by atoms with Crippen molar-refractivity contribution < 1.29 is 18.0 Å². The maximum Gasteiger partial charge on any atom is 0.264 e. The van der Waals surface area contributed by atoms with Gasteiger partial charge in [-0.05, 0) is 54.3 Å². The Balaban J connectivity index is 1.80. The second kappa shape index (κ2) is 15.5. The number of para-hydroxylation sites is 1. The molecule has 0 aliphatic rings. The molecule has 0 radical (unpaired) electrons. The molecule has 0 aliphatic carbocycles. The van der Waals surface area contributed by atoms with Crippen molar-refractivity contribution in [1.29, 1.82) is 0 Å². The molecule has 0 heterocycles. The minimum atomic E-state index is -4.15. The molecular weight excluding hydrogens is 594 g/mol. The van der Waals surface area contributed by atoms with Gasteiger partial charge < -0.3 is 10.2 Å². The number of nitrogens with zero attached hydrogens (tertiary/aromatic N) is 2. The molecule has 0 bridgehead atoms. The topological polar surface area (TPSA) is 86.8 Å². The molecule has 2 amide bonds. The average Bonchev–Trinajstić information content (AvgIpc) is 3.03. The number of anilines is 1. The van der Waals surface area contributed by atoms with E-state index in [1.807, 2.05) is 49.4 Å². The van der Waals surface area contributed by atoms with Gasteiger partial charge in [-0.3, -0.25) is 13.9 Å². The van der Waals surface area contributed by atoms with E-state index in [1.165, 1.54) is 17.0 Å². The van der Waals surface area contributed by atoms with Crippen LogP contribution in [0.2, 0.25) is 5.02 Å². The summed E-state index contributed by atoms with van der Waals surface area (Å²) < 4.78 is 29.3. The predicted molar refractivity (Wildman–Crippen MR) is 176 cm³/mol. The van der Waals surface area contributed by atoms with Crippen molar-refractivity contribution in [1.82, 2.24) is 10.2 Å². The standard InChI is InChI=1S/C35H38ClN3O4S/c1-3-4-23-37-35(41)33(24-28-16-7-5-8-17-28)38(25-29-18-12-13-21-31(29)36)34(40)26-39(32-22-14-11-15-27(32)2)44(42,43)30-19-9-6-10-20-30/h5-22,33H,3-4,23-26H2,1-2H3,(H,37,41)/t33-/m1/s1. The van der Waals surface area contributed by atoms with Gasteiger partial charge in [0.25, 0.3) is 10.0 Å². The third kappa shape index (κ3) is 8.27. The minimum Gasteiger partial charge on any atom is -0.354 e. The second-order valence-electron chi connectivity index (χ2n) is 10.6. The summed E-state index contributed by atoms with van der Waals surface area (Å²) in [6, 6.07) is 30.8. The molecule has 1 N–H and O–H groups in total. The van der Waals surface area contributed by atoms with Crippen molar-refractivity contribution in [2.24, 2.45) is 0 Å². The van der Waals surface area contributed by atoms with Gasteiger partial charge in [0.15, 0.2) is 0 Å². The summed E-state index contributed by atoms with van der Waals surface area (Å²) in [7, 11) is -4.15. The molecule has 0 fully saturated rings. The van der Waals surface area contributed by atoms with Crippen LogP contribution in [0, 0.1) is 6.92 Å². The highest BCUT2D eigenvalue weighted by Crippen LogP contribution is 2.28. The lowest BCUT2D eigenvalue weighted by molar-refractivity contribution is -0.140. The number of hydrogen-bond donors (Lipinski definition) is 1. The summed E-state index contributed by atoms with van der Waals surface area (Å²) in [5.74, 6) is -0.838. The maximum absolute atomic E-state index is 14.5. The van der Waals surface area contributed by atoms with E-state index < -0.39 is 28.5 Å². The zero-order valence-corrected chi connectivity index (χ0v) is 26.6. The van der Waals surface area contributed by atoms with E-state index in [1.54, 1.807) is 61.5 Å². The van der Waals surface area contributed by atoms with Gasteiger partial charge >= 0.3 is 0 Å². The molecule has 9 heteroatoms. The van der Waals surface area contributed by atoms with Crippen LogP contribution in [0.4, 0.5) is 5.69 Å². The molecule has 0 saturated carbocycles. The summed E-state index contributed by atoms with van der Waals surface area (Å²) in [5.41, 5.74) is 2.59. The third-order valence-electron chi connectivity index (χ3n) is 7.39. The van der Waals surface area contributed by atoms with Crippen molar-refractivity contribution in [2.75, 3.05) is 17.4 Å². The molecule has 0 aromatic heterocycles. The fraction of sp³-hybridized carbons (Fsp3) is 0.257. The van der Waals surface area contributed by atoms with E-state index in [9.17, 15) is 18.0 Å². The first-order valence-corrected chi connectivity index (χ1v) is 16.5. The normalized spacial score (nSPS) is 11.9. The van der Waals surface area contributed by atoms with Crippen LogP contribution < -0.4 is 9.62 Å². The maximum atomic E-state index is 14.5. The van der Waals surface area contributed by atoms with Gasteiger partial charge in [0.05, 0.1) is 10.6 Å². The SMILES string of the molecule is CCCCNC(=O)[C@@H](Cc1ccccc1)N(Cc1ccccc1Cl)C(=O)CN(c1ccccc1C)S(=O)(=O)c1ccccc1. The molecule has 44 heavy (non-hydrogen) atoms. The average molecular weight is 632 g/mol. The van der Waals surface area contributed by atoms with Gasteiger partial charge in [-0.2, -0.15) is 0 Å². The van der Waals surface area contributed by atoms with E-state index in [4.69, 9.17) is 11.6 Å². The van der Waals surface area contributed by atoms with Crippen LogP contribution in [0.25, 0.3) is 0 Å². The Morgan fingerprint density at radius 1 is 0.841 bits per heavy atom. The van der Waals surface area contributed by atoms with E-state index in [2.05, 4.69) is 5.32 Å². The van der Waals surface area contributed by atoms with E-state index in [0.717, 1.165) is 22.7 Å². The largest absolute Gasteiger partial charge is 0.354 e. The number of halogens is 1. The number of nitrogens with one attached hydrogen (secondary N) is 1. The van der Waals surface area contributed by atoms with Crippen molar-refractivity contribution in [2.45, 2.75) is 50.6 Å². The van der Waals surface area contributed by atoms with Crippen LogP contribution in [0.5, 0.6) is 0 Å². The zero-order valence-electron chi connectivity index (χ0n) is 25.0. The van der Waals surface area contributed by atoms with Gasteiger partial charge in [0.1, 0.15) is 12.6 Å². The number of carbonyl (C=O) groups is 2. The summed E-state index contributed by atoms with van der Waals surface area (Å²) in [5, 5.41) is 3.44. The number of benzene rings is 4. The molecule has 4 rings (SSSR count). The quantitative estimate of drug-likeness (QED) is 0.163. The van der Waals surface area contributed by atoms with Crippen LogP contribution in [0.15, 0.2) is 114 Å². The molecule has 7 nitrogen and oxygen atoms in total. The van der Waals surface area contributed by atoms with Gasteiger partial charge in [-0.15, -0.1) is 0 Å². The molecule has 0 unspecified atom stereocenters. The lowest BCUT2D eigenvalue weighted by atomic mass is 10.0. The lowest BCUT2D eigenvalue weighted by Gasteiger charge is -2.34. The van der Waals surface area contributed by atoms with Gasteiger partial charge in [0, 0.05) is 24.5 Å². The Labute approximate surface area is 265 Å². The van der Waals surface area contributed by atoms with Crippen LogP contribution in [-0.4, -0.2) is 44.3 Å². The second-order valence-corrected chi connectivity index (χ2v) is 12.8. The minimum absolute atomic E-state index is 0.0181. The summed E-state index contributed by atoms with van der Waals surface area (Å²) in [4.78, 5) is 29.8. The summed E-state index contributed by atoms with van der Waals surface area (Å²) in [6.45, 7) is 3.80. The van der Waals surface area contributed by atoms with Gasteiger partial charge in [-0.25, -0.2) is 8.42 Å². The summed E-state index contributed by atoms with van der Waals surface area (Å²) in [6.07, 6.45) is 1.93. The number of rotatable bonds is 14. The molecule has 0 aliphatic heterocycles. The van der Waals surface area contributed by atoms with Gasteiger partial charge in [0.2, 0.25) is 11.8 Å². The number of carbonyl (C=O) groups excluding carboxylic acids is 2. The van der Waals surface area contributed by atoms with Crippen molar-refractivity contribution in [3.05, 3.63) is 131 Å². The monoisotopic (exact) mass is 631 g/mol. The Morgan fingerprint density at radius 3 is 2.11 bits per heavy atom. The van der Waals surface area contributed by atoms with Crippen LogP contribution in [-0.2, 0) is 32.6 Å². The third-order valence-corrected chi connectivity index (χ3v) is 9.54. The lowest BCUT2D eigenvalue weighted by Crippen LogP contribution is -2.53. The van der Waals surface area contributed by atoms with Crippen LogP contribution in [0.3, 0.4) is 0 Å². The first-order valence-electron chi connectivity index (χ1n) is 14.7. The van der Waals surface area contributed by atoms with Crippen molar-refractivity contribution >= 4 is 39.1 Å². The van der Waals surface area contributed by atoms with Crippen LogP contribution >= 0.6 is 11.6 Å². The van der Waals surface area contributed by atoms with E-state index in [-0.39, 0.29) is 23.8 Å². The Hall–Kier alpha value is -4.14. The molecule has 4 aromatic carbocycles. The smallest absolute Gasteiger partial charge is 0.264 e. The Morgan fingerprint density at radius 2 is 1.45 bits per heavy atom. The number of aryl methyl sites for hydroxylation is 1. The Bertz CT molecular complexity index is 1650.